The molecule has 1 aromatic rings. The smallest absolute Gasteiger partial charge is 0.119 e. The Labute approximate surface area is 98.8 Å². The zero-order chi connectivity index (χ0) is 12.1. The minimum Gasteiger partial charge on any atom is -0.491 e. The van der Waals surface area contributed by atoms with Crippen molar-refractivity contribution in [2.24, 2.45) is 11.7 Å². The molecule has 2 N–H and O–H groups in total. The van der Waals surface area contributed by atoms with Crippen molar-refractivity contribution in [3.05, 3.63) is 29.8 Å². The van der Waals surface area contributed by atoms with Crippen LogP contribution in [-0.2, 0) is 0 Å². The number of hydrogen-bond acceptors (Lipinski definition) is 2. The quantitative estimate of drug-likeness (QED) is 0.829. The number of benzene rings is 1. The average Bonchev–Trinajstić information content (AvgIpc) is 2.26. The molecule has 0 spiro atoms. The summed E-state index contributed by atoms with van der Waals surface area (Å²) in [5.41, 5.74) is 7.00. The highest BCUT2D eigenvalue weighted by atomic mass is 16.5. The van der Waals surface area contributed by atoms with E-state index < -0.39 is 0 Å². The second kappa shape index (κ2) is 5.90. The summed E-state index contributed by atoms with van der Waals surface area (Å²) in [4.78, 5) is 0. The fraction of sp³-hybridized carbons (Fsp3) is 0.571. The van der Waals surface area contributed by atoms with Gasteiger partial charge >= 0.3 is 0 Å². The van der Waals surface area contributed by atoms with Gasteiger partial charge in [-0.25, -0.2) is 0 Å². The molecule has 16 heavy (non-hydrogen) atoms. The van der Waals surface area contributed by atoms with Crippen molar-refractivity contribution in [2.45, 2.75) is 39.7 Å². The molecule has 2 nitrogen and oxygen atoms in total. The van der Waals surface area contributed by atoms with Crippen molar-refractivity contribution in [2.75, 3.05) is 6.54 Å². The Morgan fingerprint density at radius 1 is 1.19 bits per heavy atom. The lowest BCUT2D eigenvalue weighted by atomic mass is 9.89. The van der Waals surface area contributed by atoms with Gasteiger partial charge in [0, 0.05) is 0 Å². The van der Waals surface area contributed by atoms with E-state index in [1.165, 1.54) is 5.56 Å². The van der Waals surface area contributed by atoms with Crippen molar-refractivity contribution in [3.8, 4) is 5.75 Å². The summed E-state index contributed by atoms with van der Waals surface area (Å²) < 4.78 is 5.69. The molecule has 1 aromatic carbocycles. The third-order valence-corrected chi connectivity index (χ3v) is 2.98. The maximum Gasteiger partial charge on any atom is 0.119 e. The van der Waals surface area contributed by atoms with Gasteiger partial charge in [-0.15, -0.1) is 0 Å². The Bertz CT molecular complexity index is 322. The molecule has 2 atom stereocenters. The minimum absolute atomic E-state index is 0.220. The number of rotatable bonds is 5. The van der Waals surface area contributed by atoms with E-state index in [-0.39, 0.29) is 6.10 Å². The molecule has 1 rings (SSSR count). The normalized spacial score (nSPS) is 14.9. The fourth-order valence-electron chi connectivity index (χ4n) is 1.68. The van der Waals surface area contributed by atoms with Gasteiger partial charge < -0.3 is 10.5 Å². The lowest BCUT2D eigenvalue weighted by molar-refractivity contribution is 0.242. The average molecular weight is 221 g/mol. The van der Waals surface area contributed by atoms with Crippen LogP contribution in [0.15, 0.2) is 24.3 Å². The molecule has 0 heterocycles. The Morgan fingerprint density at radius 3 is 2.44 bits per heavy atom. The first-order valence-corrected chi connectivity index (χ1v) is 6.01. The van der Waals surface area contributed by atoms with E-state index in [0.717, 1.165) is 12.3 Å². The van der Waals surface area contributed by atoms with Crippen LogP contribution in [0, 0.1) is 5.92 Å². The van der Waals surface area contributed by atoms with Crippen molar-refractivity contribution < 1.29 is 4.74 Å². The zero-order valence-electron chi connectivity index (χ0n) is 10.7. The maximum absolute atomic E-state index is 5.70. The maximum atomic E-state index is 5.70. The SMILES string of the molecule is CC(C)Oc1cccc(C(C)C(C)CN)c1. The Morgan fingerprint density at radius 2 is 1.88 bits per heavy atom. The van der Waals surface area contributed by atoms with Crippen molar-refractivity contribution >= 4 is 0 Å². The molecule has 0 bridgehead atoms. The zero-order valence-corrected chi connectivity index (χ0v) is 10.7. The van der Waals surface area contributed by atoms with Gasteiger partial charge in [0.1, 0.15) is 5.75 Å². The van der Waals surface area contributed by atoms with E-state index in [0.29, 0.717) is 11.8 Å². The predicted octanol–water partition coefficient (Wildman–Crippen LogP) is 3.17. The highest BCUT2D eigenvalue weighted by Crippen LogP contribution is 2.26. The molecule has 0 radical (unpaired) electrons. The number of nitrogens with two attached hydrogens (primary N) is 1. The molecule has 0 aliphatic rings. The van der Waals surface area contributed by atoms with Crippen LogP contribution in [0.1, 0.15) is 39.2 Å². The van der Waals surface area contributed by atoms with Crippen LogP contribution < -0.4 is 10.5 Å². The Balaban J connectivity index is 2.81. The van der Waals surface area contributed by atoms with Crippen molar-refractivity contribution in [3.63, 3.8) is 0 Å². The van der Waals surface area contributed by atoms with E-state index >= 15 is 0 Å². The van der Waals surface area contributed by atoms with Crippen LogP contribution in [0.25, 0.3) is 0 Å². The molecule has 0 fully saturated rings. The van der Waals surface area contributed by atoms with Crippen molar-refractivity contribution in [1.29, 1.82) is 0 Å². The van der Waals surface area contributed by atoms with E-state index in [4.69, 9.17) is 10.5 Å². The van der Waals surface area contributed by atoms with Crippen molar-refractivity contribution in [1.82, 2.24) is 0 Å². The van der Waals surface area contributed by atoms with E-state index in [2.05, 4.69) is 26.0 Å². The molecule has 0 saturated carbocycles. The summed E-state index contributed by atoms with van der Waals surface area (Å²) in [6, 6.07) is 8.32. The van der Waals surface area contributed by atoms with Crippen LogP contribution in [0.5, 0.6) is 5.75 Å². The highest BCUT2D eigenvalue weighted by molar-refractivity contribution is 5.31. The summed E-state index contributed by atoms with van der Waals surface area (Å²) in [5, 5.41) is 0. The van der Waals surface area contributed by atoms with Gasteiger partial charge in [0.05, 0.1) is 6.10 Å². The van der Waals surface area contributed by atoms with Gasteiger partial charge in [0.25, 0.3) is 0 Å². The predicted molar refractivity (Wildman–Crippen MR) is 68.8 cm³/mol. The third-order valence-electron chi connectivity index (χ3n) is 2.98. The van der Waals surface area contributed by atoms with Gasteiger partial charge in [-0.1, -0.05) is 26.0 Å². The first-order valence-electron chi connectivity index (χ1n) is 6.01. The van der Waals surface area contributed by atoms with Crippen LogP contribution in [-0.4, -0.2) is 12.6 Å². The Hall–Kier alpha value is -1.02. The van der Waals surface area contributed by atoms with Gasteiger partial charge in [-0.2, -0.15) is 0 Å². The molecule has 0 aliphatic heterocycles. The fourth-order valence-corrected chi connectivity index (χ4v) is 1.68. The van der Waals surface area contributed by atoms with Gasteiger partial charge in [-0.05, 0) is 49.9 Å². The highest BCUT2D eigenvalue weighted by Gasteiger charge is 2.13. The second-order valence-electron chi connectivity index (χ2n) is 4.74. The third kappa shape index (κ3) is 3.53. The van der Waals surface area contributed by atoms with Crippen LogP contribution in [0.4, 0.5) is 0 Å². The number of ether oxygens (including phenoxy) is 1. The molecule has 0 saturated heterocycles. The molecule has 0 amide bonds. The summed E-state index contributed by atoms with van der Waals surface area (Å²) in [6.07, 6.45) is 0.220. The lowest BCUT2D eigenvalue weighted by Gasteiger charge is -2.19. The molecule has 0 aliphatic carbocycles. The standard InChI is InChI=1S/C14H23NO/c1-10(2)16-14-7-5-6-13(8-14)12(4)11(3)9-15/h5-8,10-12H,9,15H2,1-4H3. The topological polar surface area (TPSA) is 35.2 Å². The molecule has 2 heteroatoms. The van der Waals surface area contributed by atoms with Crippen LogP contribution >= 0.6 is 0 Å². The van der Waals surface area contributed by atoms with Gasteiger partial charge in [0.15, 0.2) is 0 Å². The first-order chi connectivity index (χ1) is 7.54. The first kappa shape index (κ1) is 13.0. The summed E-state index contributed by atoms with van der Waals surface area (Å²) in [6.45, 7) is 9.19. The largest absolute Gasteiger partial charge is 0.491 e. The van der Waals surface area contributed by atoms with Crippen LogP contribution in [0.3, 0.4) is 0 Å². The van der Waals surface area contributed by atoms with E-state index in [9.17, 15) is 0 Å². The van der Waals surface area contributed by atoms with Crippen LogP contribution in [0.2, 0.25) is 0 Å². The second-order valence-corrected chi connectivity index (χ2v) is 4.74. The number of hydrogen-bond donors (Lipinski definition) is 1. The molecule has 90 valence electrons. The van der Waals surface area contributed by atoms with E-state index in [1.807, 2.05) is 26.0 Å². The molecule has 0 aromatic heterocycles. The summed E-state index contributed by atoms with van der Waals surface area (Å²) >= 11 is 0. The molecule has 2 unspecified atom stereocenters. The van der Waals surface area contributed by atoms with E-state index in [1.54, 1.807) is 0 Å². The van der Waals surface area contributed by atoms with Gasteiger partial charge in [0.2, 0.25) is 0 Å². The Kier molecular flexibility index (Phi) is 4.81. The monoisotopic (exact) mass is 221 g/mol. The lowest BCUT2D eigenvalue weighted by Crippen LogP contribution is -2.17. The summed E-state index contributed by atoms with van der Waals surface area (Å²) in [7, 11) is 0. The minimum atomic E-state index is 0.220. The summed E-state index contributed by atoms with van der Waals surface area (Å²) in [5.74, 6) is 1.92. The molecular weight excluding hydrogens is 198 g/mol. The molecular formula is C14H23NO. The van der Waals surface area contributed by atoms with Gasteiger partial charge in [-0.3, -0.25) is 0 Å².